The van der Waals surface area contributed by atoms with Crippen LogP contribution in [-0.4, -0.2) is 19.7 Å². The van der Waals surface area contributed by atoms with Crippen molar-refractivity contribution in [3.8, 4) is 11.4 Å². The molecule has 2 aromatic heterocycles. The minimum absolute atomic E-state index is 0.108. The highest BCUT2D eigenvalue weighted by Crippen LogP contribution is 2.29. The molecule has 5 nitrogen and oxygen atoms in total. The fourth-order valence-corrected chi connectivity index (χ4v) is 2.12. The standard InChI is InChI=1S/C15H22N4O/c1-9(2)11-7-12(20)17-14(16-11)10-8-19(6)18-13(10)15(3,4)5/h7-9H,1-6H3,(H,16,17,20). The summed E-state index contributed by atoms with van der Waals surface area (Å²) in [6.07, 6.45) is 1.91. The molecule has 0 atom stereocenters. The van der Waals surface area contributed by atoms with Crippen molar-refractivity contribution >= 4 is 0 Å². The molecule has 0 saturated heterocycles. The first-order chi connectivity index (χ1) is 9.18. The van der Waals surface area contributed by atoms with Crippen LogP contribution in [0.25, 0.3) is 11.4 Å². The van der Waals surface area contributed by atoms with Gasteiger partial charge in [-0.3, -0.25) is 9.48 Å². The third kappa shape index (κ3) is 2.81. The Morgan fingerprint density at radius 1 is 1.30 bits per heavy atom. The monoisotopic (exact) mass is 274 g/mol. The van der Waals surface area contributed by atoms with Crippen LogP contribution < -0.4 is 5.56 Å². The van der Waals surface area contributed by atoms with Crippen LogP contribution >= 0.6 is 0 Å². The maximum atomic E-state index is 11.8. The van der Waals surface area contributed by atoms with Crippen LogP contribution in [0.15, 0.2) is 17.1 Å². The normalized spacial score (nSPS) is 12.2. The molecule has 0 aliphatic heterocycles. The predicted molar refractivity (Wildman–Crippen MR) is 79.8 cm³/mol. The van der Waals surface area contributed by atoms with Gasteiger partial charge in [-0.2, -0.15) is 5.10 Å². The molecule has 5 heteroatoms. The molecular formula is C15H22N4O. The number of nitrogens with zero attached hydrogens (tertiary/aromatic N) is 3. The van der Waals surface area contributed by atoms with E-state index in [1.54, 1.807) is 10.7 Å². The van der Waals surface area contributed by atoms with Gasteiger partial charge in [-0.1, -0.05) is 34.6 Å². The Kier molecular flexibility index (Phi) is 3.54. The molecule has 0 amide bonds. The van der Waals surface area contributed by atoms with E-state index in [0.29, 0.717) is 5.82 Å². The van der Waals surface area contributed by atoms with E-state index in [0.717, 1.165) is 17.0 Å². The van der Waals surface area contributed by atoms with E-state index in [9.17, 15) is 4.79 Å². The van der Waals surface area contributed by atoms with Gasteiger partial charge in [-0.05, 0) is 5.92 Å². The summed E-state index contributed by atoms with van der Waals surface area (Å²) in [6, 6.07) is 1.56. The molecule has 0 aliphatic rings. The van der Waals surface area contributed by atoms with E-state index in [1.165, 1.54) is 0 Å². The first kappa shape index (κ1) is 14.5. The number of aryl methyl sites for hydroxylation is 1. The lowest BCUT2D eigenvalue weighted by atomic mass is 9.89. The number of H-pyrrole nitrogens is 1. The molecule has 0 bridgehead atoms. The summed E-state index contributed by atoms with van der Waals surface area (Å²) in [4.78, 5) is 19.2. The maximum absolute atomic E-state index is 11.8. The van der Waals surface area contributed by atoms with Crippen molar-refractivity contribution in [2.75, 3.05) is 0 Å². The Morgan fingerprint density at radius 3 is 2.50 bits per heavy atom. The van der Waals surface area contributed by atoms with Gasteiger partial charge in [-0.25, -0.2) is 4.98 Å². The van der Waals surface area contributed by atoms with Crippen LogP contribution in [0.5, 0.6) is 0 Å². The van der Waals surface area contributed by atoms with Crippen LogP contribution in [0.2, 0.25) is 0 Å². The summed E-state index contributed by atoms with van der Waals surface area (Å²) < 4.78 is 1.76. The van der Waals surface area contributed by atoms with Crippen molar-refractivity contribution in [3.05, 3.63) is 34.0 Å². The van der Waals surface area contributed by atoms with Gasteiger partial charge < -0.3 is 4.98 Å². The summed E-state index contributed by atoms with van der Waals surface area (Å²) in [5.41, 5.74) is 2.39. The molecule has 0 aliphatic carbocycles. The van der Waals surface area contributed by atoms with Crippen molar-refractivity contribution in [1.82, 2.24) is 19.7 Å². The summed E-state index contributed by atoms with van der Waals surface area (Å²) in [7, 11) is 1.88. The highest BCUT2D eigenvalue weighted by Gasteiger charge is 2.24. The van der Waals surface area contributed by atoms with Crippen LogP contribution in [0, 0.1) is 0 Å². The Hall–Kier alpha value is -1.91. The molecule has 108 valence electrons. The molecule has 0 aromatic carbocycles. The first-order valence-electron chi connectivity index (χ1n) is 6.84. The van der Waals surface area contributed by atoms with E-state index in [1.807, 2.05) is 27.1 Å². The van der Waals surface area contributed by atoms with E-state index < -0.39 is 0 Å². The van der Waals surface area contributed by atoms with Gasteiger partial charge in [0, 0.05) is 24.7 Å². The van der Waals surface area contributed by atoms with Gasteiger partial charge in [0.2, 0.25) is 0 Å². The number of aromatic amines is 1. The quantitative estimate of drug-likeness (QED) is 0.915. The molecule has 0 unspecified atom stereocenters. The van der Waals surface area contributed by atoms with E-state index in [-0.39, 0.29) is 16.9 Å². The highest BCUT2D eigenvalue weighted by atomic mass is 16.1. The fraction of sp³-hybridized carbons (Fsp3) is 0.533. The van der Waals surface area contributed by atoms with Gasteiger partial charge in [0.1, 0.15) is 5.82 Å². The van der Waals surface area contributed by atoms with Gasteiger partial charge in [0.05, 0.1) is 17.0 Å². The summed E-state index contributed by atoms with van der Waals surface area (Å²) >= 11 is 0. The zero-order valence-corrected chi connectivity index (χ0v) is 13.0. The maximum Gasteiger partial charge on any atom is 0.251 e. The molecule has 20 heavy (non-hydrogen) atoms. The largest absolute Gasteiger partial charge is 0.306 e. The molecule has 0 radical (unpaired) electrons. The Balaban J connectivity index is 2.66. The summed E-state index contributed by atoms with van der Waals surface area (Å²) in [5, 5.41) is 4.52. The van der Waals surface area contributed by atoms with Crippen LogP contribution in [0.3, 0.4) is 0 Å². The van der Waals surface area contributed by atoms with Gasteiger partial charge in [0.15, 0.2) is 0 Å². The average Bonchev–Trinajstić information content (AvgIpc) is 2.70. The lowest BCUT2D eigenvalue weighted by molar-refractivity contribution is 0.554. The third-order valence-corrected chi connectivity index (χ3v) is 3.15. The first-order valence-corrected chi connectivity index (χ1v) is 6.84. The third-order valence-electron chi connectivity index (χ3n) is 3.15. The van der Waals surface area contributed by atoms with E-state index >= 15 is 0 Å². The Labute approximate surface area is 119 Å². The minimum Gasteiger partial charge on any atom is -0.306 e. The van der Waals surface area contributed by atoms with E-state index in [2.05, 4.69) is 35.8 Å². The molecule has 0 saturated carbocycles. The molecule has 2 rings (SSSR count). The lowest BCUT2D eigenvalue weighted by Gasteiger charge is -2.17. The van der Waals surface area contributed by atoms with Crippen LogP contribution in [-0.2, 0) is 12.5 Å². The minimum atomic E-state index is -0.123. The van der Waals surface area contributed by atoms with Crippen LogP contribution in [0.4, 0.5) is 0 Å². The van der Waals surface area contributed by atoms with Crippen LogP contribution in [0.1, 0.15) is 51.9 Å². The van der Waals surface area contributed by atoms with Crippen molar-refractivity contribution in [2.24, 2.45) is 7.05 Å². The second-order valence-corrected chi connectivity index (χ2v) is 6.49. The Morgan fingerprint density at radius 2 is 1.95 bits per heavy atom. The predicted octanol–water partition coefficient (Wildman–Crippen LogP) is 2.59. The molecular weight excluding hydrogens is 252 g/mol. The topological polar surface area (TPSA) is 63.6 Å². The average molecular weight is 274 g/mol. The van der Waals surface area contributed by atoms with Crippen molar-refractivity contribution in [2.45, 2.75) is 46.0 Å². The molecule has 2 aromatic rings. The fourth-order valence-electron chi connectivity index (χ4n) is 2.12. The van der Waals surface area contributed by atoms with Gasteiger partial charge in [0.25, 0.3) is 5.56 Å². The second-order valence-electron chi connectivity index (χ2n) is 6.49. The van der Waals surface area contributed by atoms with Gasteiger partial charge in [-0.15, -0.1) is 0 Å². The lowest BCUT2D eigenvalue weighted by Crippen LogP contribution is -2.16. The number of hydrogen-bond acceptors (Lipinski definition) is 3. The molecule has 0 spiro atoms. The molecule has 1 N–H and O–H groups in total. The number of hydrogen-bond donors (Lipinski definition) is 1. The highest BCUT2D eigenvalue weighted by molar-refractivity contribution is 5.59. The Bertz CT molecular complexity index is 674. The second kappa shape index (κ2) is 4.89. The van der Waals surface area contributed by atoms with Crippen molar-refractivity contribution < 1.29 is 0 Å². The molecule has 2 heterocycles. The van der Waals surface area contributed by atoms with E-state index in [4.69, 9.17) is 0 Å². The number of aromatic nitrogens is 4. The number of nitrogens with one attached hydrogen (secondary N) is 1. The van der Waals surface area contributed by atoms with Crippen molar-refractivity contribution in [3.63, 3.8) is 0 Å². The summed E-state index contributed by atoms with van der Waals surface area (Å²) in [5.74, 6) is 0.810. The van der Waals surface area contributed by atoms with Gasteiger partial charge >= 0.3 is 0 Å². The summed E-state index contributed by atoms with van der Waals surface area (Å²) in [6.45, 7) is 10.4. The smallest absolute Gasteiger partial charge is 0.251 e. The van der Waals surface area contributed by atoms with Crippen molar-refractivity contribution in [1.29, 1.82) is 0 Å². The zero-order chi connectivity index (χ0) is 15.1. The zero-order valence-electron chi connectivity index (χ0n) is 13.0. The number of rotatable bonds is 2. The molecule has 0 fully saturated rings. The SMILES string of the molecule is CC(C)c1cc(=O)[nH]c(-c2cn(C)nc2C(C)(C)C)n1.